The van der Waals surface area contributed by atoms with Gasteiger partial charge in [-0.1, -0.05) is 55.5 Å². The molecule has 0 amide bonds. The van der Waals surface area contributed by atoms with E-state index in [-0.39, 0.29) is 5.92 Å². The third kappa shape index (κ3) is 3.03. The Morgan fingerprint density at radius 2 is 1.62 bits per heavy atom. The Morgan fingerprint density at radius 1 is 0.905 bits per heavy atom. The monoisotopic (exact) mass is 280 g/mol. The van der Waals surface area contributed by atoms with Crippen molar-refractivity contribution in [1.29, 1.82) is 0 Å². The molecule has 1 nitrogen and oxygen atoms in total. The predicted octanol–water partition coefficient (Wildman–Crippen LogP) is 4.79. The average molecular weight is 280 g/mol. The lowest BCUT2D eigenvalue weighted by Crippen LogP contribution is -2.12. The Hall–Kier alpha value is -1.60. The summed E-state index contributed by atoms with van der Waals surface area (Å²) in [6.45, 7) is 2.15. The molecule has 110 valence electrons. The Bertz CT molecular complexity index is 588. The zero-order valence-corrected chi connectivity index (χ0v) is 12.8. The first-order valence-electron chi connectivity index (χ1n) is 8.14. The highest BCUT2D eigenvalue weighted by Gasteiger charge is 2.22. The molecule has 1 aliphatic rings. The average Bonchev–Trinajstić information content (AvgIpc) is 2.56. The molecule has 2 aromatic carbocycles. The Morgan fingerprint density at radius 3 is 2.33 bits per heavy atom. The standard InChI is InChI=1S/C20H24O/c1-2-19(16-9-4-3-5-10-16)20(21)18-13-12-15-8-6-7-11-17(15)14-18/h3-5,9-10,12-14,19-21H,2,6-8,11H2,1H3. The van der Waals surface area contributed by atoms with E-state index in [0.29, 0.717) is 0 Å². The first kappa shape index (κ1) is 14.3. The van der Waals surface area contributed by atoms with Crippen molar-refractivity contribution < 1.29 is 5.11 Å². The van der Waals surface area contributed by atoms with Crippen molar-refractivity contribution in [3.8, 4) is 0 Å². The fourth-order valence-corrected chi connectivity index (χ4v) is 3.51. The highest BCUT2D eigenvalue weighted by molar-refractivity contribution is 5.36. The molecule has 21 heavy (non-hydrogen) atoms. The molecular weight excluding hydrogens is 256 g/mol. The SMILES string of the molecule is CCC(c1ccccc1)C(O)c1ccc2c(c1)CCCC2. The summed E-state index contributed by atoms with van der Waals surface area (Å²) in [4.78, 5) is 0. The van der Waals surface area contributed by atoms with Gasteiger partial charge in [-0.3, -0.25) is 0 Å². The minimum atomic E-state index is -0.412. The van der Waals surface area contributed by atoms with E-state index in [1.54, 1.807) is 0 Å². The maximum absolute atomic E-state index is 10.8. The van der Waals surface area contributed by atoms with Gasteiger partial charge in [0.1, 0.15) is 0 Å². The molecule has 2 aromatic rings. The number of benzene rings is 2. The van der Waals surface area contributed by atoms with Crippen LogP contribution in [0.1, 0.15) is 60.5 Å². The summed E-state index contributed by atoms with van der Waals surface area (Å²) in [7, 11) is 0. The van der Waals surface area contributed by atoms with Gasteiger partial charge in [-0.05, 0) is 54.4 Å². The van der Waals surface area contributed by atoms with E-state index in [0.717, 1.165) is 18.4 Å². The van der Waals surface area contributed by atoms with Crippen molar-refractivity contribution in [3.63, 3.8) is 0 Å². The molecule has 0 saturated carbocycles. The summed E-state index contributed by atoms with van der Waals surface area (Å²) in [5.74, 6) is 0.174. The molecule has 2 unspecified atom stereocenters. The summed E-state index contributed by atoms with van der Waals surface area (Å²) in [5, 5.41) is 10.8. The zero-order valence-electron chi connectivity index (χ0n) is 12.8. The number of aliphatic hydroxyl groups is 1. The third-order valence-corrected chi connectivity index (χ3v) is 4.76. The molecule has 0 aliphatic heterocycles. The summed E-state index contributed by atoms with van der Waals surface area (Å²) >= 11 is 0. The topological polar surface area (TPSA) is 20.2 Å². The van der Waals surface area contributed by atoms with Crippen molar-refractivity contribution >= 4 is 0 Å². The molecule has 0 spiro atoms. The highest BCUT2D eigenvalue weighted by Crippen LogP contribution is 2.35. The van der Waals surface area contributed by atoms with Gasteiger partial charge in [-0.15, -0.1) is 0 Å². The molecule has 0 heterocycles. The first-order chi connectivity index (χ1) is 10.3. The van der Waals surface area contributed by atoms with Crippen LogP contribution in [0.3, 0.4) is 0 Å². The lowest BCUT2D eigenvalue weighted by Gasteiger charge is -2.24. The smallest absolute Gasteiger partial charge is 0.0858 e. The predicted molar refractivity (Wildman–Crippen MR) is 87.5 cm³/mol. The number of fused-ring (bicyclic) bond motifs is 1. The van der Waals surface area contributed by atoms with Crippen LogP contribution in [-0.2, 0) is 12.8 Å². The third-order valence-electron chi connectivity index (χ3n) is 4.76. The van der Waals surface area contributed by atoms with Gasteiger partial charge in [0, 0.05) is 5.92 Å². The van der Waals surface area contributed by atoms with Gasteiger partial charge in [-0.25, -0.2) is 0 Å². The second kappa shape index (κ2) is 6.44. The minimum absolute atomic E-state index is 0.174. The summed E-state index contributed by atoms with van der Waals surface area (Å²) in [6.07, 6.45) is 5.48. The zero-order chi connectivity index (χ0) is 14.7. The Balaban J connectivity index is 1.88. The van der Waals surface area contributed by atoms with Gasteiger partial charge in [0.05, 0.1) is 6.10 Å². The van der Waals surface area contributed by atoms with Crippen LogP contribution >= 0.6 is 0 Å². The van der Waals surface area contributed by atoms with Crippen LogP contribution in [0.2, 0.25) is 0 Å². The summed E-state index contributed by atoms with van der Waals surface area (Å²) in [5.41, 5.74) is 5.22. The van der Waals surface area contributed by atoms with E-state index in [9.17, 15) is 5.11 Å². The van der Waals surface area contributed by atoms with Gasteiger partial charge >= 0.3 is 0 Å². The number of hydrogen-bond donors (Lipinski definition) is 1. The van der Waals surface area contributed by atoms with Crippen LogP contribution in [0.25, 0.3) is 0 Å². The molecule has 1 heteroatoms. The van der Waals surface area contributed by atoms with E-state index >= 15 is 0 Å². The number of aliphatic hydroxyl groups excluding tert-OH is 1. The van der Waals surface area contributed by atoms with Crippen molar-refractivity contribution in [2.45, 2.75) is 51.0 Å². The van der Waals surface area contributed by atoms with Gasteiger partial charge in [0.15, 0.2) is 0 Å². The van der Waals surface area contributed by atoms with E-state index < -0.39 is 6.10 Å². The fraction of sp³-hybridized carbons (Fsp3) is 0.400. The molecule has 0 bridgehead atoms. The summed E-state index contributed by atoms with van der Waals surface area (Å²) in [6, 6.07) is 17.0. The number of aryl methyl sites for hydroxylation is 2. The fourth-order valence-electron chi connectivity index (χ4n) is 3.51. The van der Waals surface area contributed by atoms with Crippen molar-refractivity contribution in [1.82, 2.24) is 0 Å². The molecule has 0 fully saturated rings. The Kier molecular flexibility index (Phi) is 4.40. The molecule has 1 N–H and O–H groups in total. The number of hydrogen-bond acceptors (Lipinski definition) is 1. The van der Waals surface area contributed by atoms with Gasteiger partial charge in [0.25, 0.3) is 0 Å². The van der Waals surface area contributed by atoms with Gasteiger partial charge in [0.2, 0.25) is 0 Å². The van der Waals surface area contributed by atoms with E-state index in [4.69, 9.17) is 0 Å². The molecule has 2 atom stereocenters. The van der Waals surface area contributed by atoms with Crippen molar-refractivity contribution in [3.05, 3.63) is 70.8 Å². The molecule has 0 saturated heterocycles. The number of rotatable bonds is 4. The highest BCUT2D eigenvalue weighted by atomic mass is 16.3. The van der Waals surface area contributed by atoms with Crippen LogP contribution in [0, 0.1) is 0 Å². The normalized spacial score (nSPS) is 17.0. The minimum Gasteiger partial charge on any atom is -0.388 e. The van der Waals surface area contributed by atoms with E-state index in [1.807, 2.05) is 6.07 Å². The Labute approximate surface area is 127 Å². The lowest BCUT2D eigenvalue weighted by atomic mass is 9.84. The first-order valence-corrected chi connectivity index (χ1v) is 8.14. The van der Waals surface area contributed by atoms with Crippen LogP contribution in [0.4, 0.5) is 0 Å². The van der Waals surface area contributed by atoms with E-state index in [2.05, 4.69) is 49.4 Å². The summed E-state index contributed by atoms with van der Waals surface area (Å²) < 4.78 is 0. The van der Waals surface area contributed by atoms with Gasteiger partial charge in [-0.2, -0.15) is 0 Å². The van der Waals surface area contributed by atoms with Crippen LogP contribution in [0.15, 0.2) is 48.5 Å². The molecule has 0 aromatic heterocycles. The second-order valence-electron chi connectivity index (χ2n) is 6.11. The van der Waals surface area contributed by atoms with Crippen LogP contribution in [0.5, 0.6) is 0 Å². The molecule has 1 aliphatic carbocycles. The maximum atomic E-state index is 10.8. The second-order valence-corrected chi connectivity index (χ2v) is 6.11. The van der Waals surface area contributed by atoms with E-state index in [1.165, 1.54) is 36.0 Å². The lowest BCUT2D eigenvalue weighted by molar-refractivity contribution is 0.142. The molecular formula is C20H24O. The van der Waals surface area contributed by atoms with Crippen molar-refractivity contribution in [2.75, 3.05) is 0 Å². The quantitative estimate of drug-likeness (QED) is 0.853. The molecule has 3 rings (SSSR count). The van der Waals surface area contributed by atoms with Crippen molar-refractivity contribution in [2.24, 2.45) is 0 Å². The largest absolute Gasteiger partial charge is 0.388 e. The van der Waals surface area contributed by atoms with Crippen LogP contribution < -0.4 is 0 Å². The maximum Gasteiger partial charge on any atom is 0.0858 e. The molecule has 0 radical (unpaired) electrons. The van der Waals surface area contributed by atoms with Gasteiger partial charge < -0.3 is 5.11 Å². The van der Waals surface area contributed by atoms with Crippen LogP contribution in [-0.4, -0.2) is 5.11 Å².